The molecule has 0 unspecified atom stereocenters. The Labute approximate surface area is 162 Å². The molecule has 1 fully saturated rings. The number of carboxylic acid groups (broad SMARTS) is 1. The molecule has 27 heavy (non-hydrogen) atoms. The highest BCUT2D eigenvalue weighted by Gasteiger charge is 2.36. The summed E-state index contributed by atoms with van der Waals surface area (Å²) in [4.78, 5) is 37.1. The molecule has 5 nitrogen and oxygen atoms in total. The van der Waals surface area contributed by atoms with Gasteiger partial charge >= 0.3 is 5.97 Å². The summed E-state index contributed by atoms with van der Waals surface area (Å²) in [5, 5.41) is 12.5. The minimum Gasteiger partial charge on any atom is -0.481 e. The van der Waals surface area contributed by atoms with Crippen LogP contribution in [0, 0.1) is 11.8 Å². The zero-order chi connectivity index (χ0) is 19.4. The Morgan fingerprint density at radius 2 is 1.63 bits per heavy atom. The van der Waals surface area contributed by atoms with Gasteiger partial charge in [0.1, 0.15) is 0 Å². The van der Waals surface area contributed by atoms with Gasteiger partial charge in [0.15, 0.2) is 5.78 Å². The van der Waals surface area contributed by atoms with Crippen LogP contribution < -0.4 is 5.32 Å². The van der Waals surface area contributed by atoms with E-state index in [1.165, 1.54) is 6.07 Å². The first-order valence-electron chi connectivity index (χ1n) is 8.90. The van der Waals surface area contributed by atoms with Crippen molar-refractivity contribution in [1.29, 1.82) is 0 Å². The smallest absolute Gasteiger partial charge is 0.307 e. The van der Waals surface area contributed by atoms with Crippen molar-refractivity contribution < 1.29 is 19.5 Å². The molecule has 1 aliphatic carbocycles. The highest BCUT2D eigenvalue weighted by Crippen LogP contribution is 2.32. The maximum absolute atomic E-state index is 12.8. The van der Waals surface area contributed by atoms with Gasteiger partial charge in [0.25, 0.3) is 0 Å². The summed E-state index contributed by atoms with van der Waals surface area (Å²) in [5.74, 6) is -2.88. The Hall–Kier alpha value is -2.66. The largest absolute Gasteiger partial charge is 0.481 e. The first kappa shape index (κ1) is 19.1. The molecule has 1 aliphatic rings. The van der Waals surface area contributed by atoms with Crippen molar-refractivity contribution in [3.63, 3.8) is 0 Å². The predicted octanol–water partition coefficient (Wildman–Crippen LogP) is 4.40. The highest BCUT2D eigenvalue weighted by atomic mass is 35.5. The zero-order valence-electron chi connectivity index (χ0n) is 14.7. The van der Waals surface area contributed by atoms with Crippen molar-refractivity contribution in [1.82, 2.24) is 0 Å². The summed E-state index contributed by atoms with van der Waals surface area (Å²) in [6.07, 6.45) is 2.64. The fourth-order valence-corrected chi connectivity index (χ4v) is 3.70. The second-order valence-electron chi connectivity index (χ2n) is 6.71. The van der Waals surface area contributed by atoms with E-state index in [2.05, 4.69) is 5.32 Å². The van der Waals surface area contributed by atoms with Gasteiger partial charge in [-0.15, -0.1) is 0 Å². The van der Waals surface area contributed by atoms with E-state index in [-0.39, 0.29) is 17.3 Å². The third kappa shape index (κ3) is 4.37. The summed E-state index contributed by atoms with van der Waals surface area (Å²) in [6.45, 7) is 0. The molecule has 2 N–H and O–H groups in total. The number of anilines is 1. The zero-order valence-corrected chi connectivity index (χ0v) is 15.4. The molecular formula is C21H20ClNO4. The number of halogens is 1. The van der Waals surface area contributed by atoms with E-state index >= 15 is 0 Å². The molecule has 2 atom stereocenters. The molecule has 1 saturated carbocycles. The molecule has 0 aromatic heterocycles. The van der Waals surface area contributed by atoms with Gasteiger partial charge in [0, 0.05) is 16.1 Å². The normalized spacial score (nSPS) is 19.3. The van der Waals surface area contributed by atoms with Crippen molar-refractivity contribution in [2.24, 2.45) is 11.8 Å². The number of aliphatic carboxylic acids is 1. The van der Waals surface area contributed by atoms with Crippen LogP contribution in [0.3, 0.4) is 0 Å². The molecule has 0 spiro atoms. The second kappa shape index (κ2) is 8.35. The molecule has 2 aromatic carbocycles. The van der Waals surface area contributed by atoms with Crippen molar-refractivity contribution in [2.75, 3.05) is 5.32 Å². The number of hydrogen-bond donors (Lipinski definition) is 2. The number of benzene rings is 2. The summed E-state index contributed by atoms with van der Waals surface area (Å²) in [5.41, 5.74) is 1.11. The molecule has 140 valence electrons. The van der Waals surface area contributed by atoms with Crippen LogP contribution in [0.25, 0.3) is 0 Å². The van der Waals surface area contributed by atoms with Crippen LogP contribution >= 0.6 is 11.6 Å². The number of ketones is 1. The van der Waals surface area contributed by atoms with Crippen molar-refractivity contribution in [2.45, 2.75) is 25.7 Å². The Kier molecular flexibility index (Phi) is 5.91. The van der Waals surface area contributed by atoms with Gasteiger partial charge in [0.2, 0.25) is 5.91 Å². The van der Waals surface area contributed by atoms with Crippen molar-refractivity contribution in [3.8, 4) is 0 Å². The number of nitrogens with one attached hydrogen (secondary N) is 1. The number of carbonyl (C=O) groups excluding carboxylic acids is 2. The number of hydrogen-bond acceptors (Lipinski definition) is 3. The van der Waals surface area contributed by atoms with Gasteiger partial charge in [0.05, 0.1) is 17.5 Å². The number of rotatable bonds is 5. The summed E-state index contributed by atoms with van der Waals surface area (Å²) in [7, 11) is 0. The number of carboxylic acids is 1. The van der Waals surface area contributed by atoms with Crippen LogP contribution in [0.4, 0.5) is 5.69 Å². The predicted molar refractivity (Wildman–Crippen MR) is 103 cm³/mol. The van der Waals surface area contributed by atoms with Crippen molar-refractivity contribution in [3.05, 3.63) is 64.7 Å². The standard InChI is InChI=1S/C21H20ClNO4/c22-14-10-11-18(17(12-14)19(24)13-6-2-1-3-7-13)23-20(25)15-8-4-5-9-16(15)21(26)27/h1-3,6-7,10-12,15-16H,4-5,8-9H2,(H,23,25)(H,26,27)/t15-,16-/m1/s1. The van der Waals surface area contributed by atoms with Gasteiger partial charge in [-0.2, -0.15) is 0 Å². The maximum Gasteiger partial charge on any atom is 0.307 e. The van der Waals surface area contributed by atoms with Crippen LogP contribution in [0.5, 0.6) is 0 Å². The Bertz CT molecular complexity index is 866. The first-order valence-corrected chi connectivity index (χ1v) is 9.28. The van der Waals surface area contributed by atoms with E-state index in [1.54, 1.807) is 36.4 Å². The minimum atomic E-state index is -0.952. The molecular weight excluding hydrogens is 366 g/mol. The average molecular weight is 386 g/mol. The maximum atomic E-state index is 12.8. The Balaban J connectivity index is 1.87. The molecule has 0 aliphatic heterocycles. The van der Waals surface area contributed by atoms with Gasteiger partial charge in [-0.25, -0.2) is 0 Å². The van der Waals surface area contributed by atoms with E-state index in [4.69, 9.17) is 11.6 Å². The first-order chi connectivity index (χ1) is 13.0. The molecule has 2 aromatic rings. The summed E-state index contributed by atoms with van der Waals surface area (Å²) in [6, 6.07) is 13.4. The van der Waals surface area contributed by atoms with Crippen molar-refractivity contribution >= 4 is 34.9 Å². The third-order valence-corrected chi connectivity index (χ3v) is 5.18. The Morgan fingerprint density at radius 1 is 0.963 bits per heavy atom. The monoisotopic (exact) mass is 385 g/mol. The summed E-state index contributed by atoms with van der Waals surface area (Å²) < 4.78 is 0. The van der Waals surface area contributed by atoms with Crippen LogP contribution in [0.15, 0.2) is 48.5 Å². The molecule has 3 rings (SSSR count). The van der Waals surface area contributed by atoms with E-state index in [9.17, 15) is 19.5 Å². The third-order valence-electron chi connectivity index (χ3n) is 4.94. The van der Waals surface area contributed by atoms with E-state index in [0.29, 0.717) is 29.1 Å². The van der Waals surface area contributed by atoms with Gasteiger partial charge in [-0.05, 0) is 31.0 Å². The van der Waals surface area contributed by atoms with Crippen LogP contribution in [0.1, 0.15) is 41.6 Å². The second-order valence-corrected chi connectivity index (χ2v) is 7.15. The average Bonchev–Trinajstić information content (AvgIpc) is 2.69. The van der Waals surface area contributed by atoms with Crippen LogP contribution in [0.2, 0.25) is 5.02 Å². The van der Waals surface area contributed by atoms with E-state index < -0.39 is 17.8 Å². The van der Waals surface area contributed by atoms with Gasteiger partial charge in [-0.1, -0.05) is 54.8 Å². The molecule has 0 radical (unpaired) electrons. The fraction of sp³-hybridized carbons (Fsp3) is 0.286. The number of amides is 1. The Morgan fingerprint density at radius 3 is 2.30 bits per heavy atom. The highest BCUT2D eigenvalue weighted by molar-refractivity contribution is 6.31. The van der Waals surface area contributed by atoms with Crippen LogP contribution in [-0.4, -0.2) is 22.8 Å². The van der Waals surface area contributed by atoms with E-state index in [0.717, 1.165) is 12.8 Å². The molecule has 0 heterocycles. The summed E-state index contributed by atoms with van der Waals surface area (Å²) >= 11 is 6.06. The fourth-order valence-electron chi connectivity index (χ4n) is 3.52. The topological polar surface area (TPSA) is 83.5 Å². The van der Waals surface area contributed by atoms with E-state index in [1.807, 2.05) is 6.07 Å². The molecule has 0 saturated heterocycles. The SMILES string of the molecule is O=C(c1ccccc1)c1cc(Cl)ccc1NC(=O)[C@@H]1CCCC[C@H]1C(=O)O. The molecule has 1 amide bonds. The molecule has 6 heteroatoms. The van der Waals surface area contributed by atoms with Gasteiger partial charge in [-0.3, -0.25) is 14.4 Å². The quantitative estimate of drug-likeness (QED) is 0.747. The lowest BCUT2D eigenvalue weighted by Crippen LogP contribution is -2.36. The number of carbonyl (C=O) groups is 3. The minimum absolute atomic E-state index is 0.258. The lowest BCUT2D eigenvalue weighted by atomic mass is 9.78. The lowest BCUT2D eigenvalue weighted by Gasteiger charge is -2.27. The molecule has 0 bridgehead atoms. The van der Waals surface area contributed by atoms with Gasteiger partial charge < -0.3 is 10.4 Å². The lowest BCUT2D eigenvalue weighted by molar-refractivity contribution is -0.147. The van der Waals surface area contributed by atoms with Crippen LogP contribution in [-0.2, 0) is 9.59 Å².